The summed E-state index contributed by atoms with van der Waals surface area (Å²) in [5, 5.41) is 11.2. The fourth-order valence-electron chi connectivity index (χ4n) is 1.90. The number of carboxylic acid groups (broad SMARTS) is 1. The lowest BCUT2D eigenvalue weighted by atomic mass is 10.1. The topological polar surface area (TPSA) is 52.6 Å². The Labute approximate surface area is 109 Å². The normalized spacial score (nSPS) is 12.9. The number of carboxylic acids is 1. The molecule has 4 heteroatoms. The number of rotatable bonds is 7. The van der Waals surface area contributed by atoms with Crippen LogP contribution < -0.4 is 5.43 Å². The molecule has 0 radical (unpaired) electrons. The van der Waals surface area contributed by atoms with Gasteiger partial charge in [0.05, 0.1) is 0 Å². The molecule has 0 bridgehead atoms. The molecule has 2 N–H and O–H groups in total. The smallest absolute Gasteiger partial charge is 0.322 e. The first-order valence-electron chi connectivity index (χ1n) is 6.34. The van der Waals surface area contributed by atoms with E-state index in [2.05, 4.69) is 5.43 Å². The van der Waals surface area contributed by atoms with E-state index in [-0.39, 0.29) is 6.04 Å². The van der Waals surface area contributed by atoms with Gasteiger partial charge in [0.15, 0.2) is 0 Å². The van der Waals surface area contributed by atoms with E-state index in [1.807, 2.05) is 51.1 Å². The average molecular weight is 250 g/mol. The molecule has 18 heavy (non-hydrogen) atoms. The lowest BCUT2D eigenvalue weighted by Gasteiger charge is -2.30. The van der Waals surface area contributed by atoms with E-state index in [9.17, 15) is 9.90 Å². The Morgan fingerprint density at radius 1 is 1.33 bits per heavy atom. The summed E-state index contributed by atoms with van der Waals surface area (Å²) >= 11 is 0. The highest BCUT2D eigenvalue weighted by molar-refractivity contribution is 5.73. The largest absolute Gasteiger partial charge is 0.480 e. The van der Waals surface area contributed by atoms with Crippen molar-refractivity contribution in [1.29, 1.82) is 0 Å². The first-order chi connectivity index (χ1) is 8.54. The van der Waals surface area contributed by atoms with Crippen molar-refractivity contribution in [2.45, 2.75) is 39.3 Å². The van der Waals surface area contributed by atoms with Crippen LogP contribution in [0, 0.1) is 0 Å². The summed E-state index contributed by atoms with van der Waals surface area (Å²) in [4.78, 5) is 11.4. The van der Waals surface area contributed by atoms with Crippen LogP contribution in [0.3, 0.4) is 0 Å². The molecule has 1 aromatic rings. The SMILES string of the molecule is CCN(NC(C)C)C(Cc1ccccc1)C(=O)O. The van der Waals surface area contributed by atoms with Crippen LogP contribution >= 0.6 is 0 Å². The molecule has 0 fully saturated rings. The molecule has 0 spiro atoms. The summed E-state index contributed by atoms with van der Waals surface area (Å²) in [6.07, 6.45) is 0.504. The number of likely N-dealkylation sites (N-methyl/N-ethyl adjacent to an activating group) is 1. The van der Waals surface area contributed by atoms with Crippen LogP contribution in [0.5, 0.6) is 0 Å². The van der Waals surface area contributed by atoms with Gasteiger partial charge in [-0.15, -0.1) is 0 Å². The number of nitrogens with zero attached hydrogens (tertiary/aromatic N) is 1. The molecule has 1 aromatic carbocycles. The molecule has 0 aromatic heterocycles. The van der Waals surface area contributed by atoms with E-state index < -0.39 is 12.0 Å². The molecule has 0 aliphatic heterocycles. The van der Waals surface area contributed by atoms with Crippen LogP contribution in [-0.4, -0.2) is 34.7 Å². The van der Waals surface area contributed by atoms with Gasteiger partial charge in [-0.05, 0) is 25.8 Å². The molecule has 1 rings (SSSR count). The number of carbonyl (C=O) groups is 1. The molecule has 100 valence electrons. The third-order valence-corrected chi connectivity index (χ3v) is 2.70. The van der Waals surface area contributed by atoms with Crippen LogP contribution in [0.1, 0.15) is 26.3 Å². The minimum atomic E-state index is -0.797. The van der Waals surface area contributed by atoms with E-state index in [0.29, 0.717) is 13.0 Å². The van der Waals surface area contributed by atoms with Crippen molar-refractivity contribution < 1.29 is 9.90 Å². The molecule has 0 heterocycles. The number of benzene rings is 1. The van der Waals surface area contributed by atoms with Gasteiger partial charge >= 0.3 is 5.97 Å². The van der Waals surface area contributed by atoms with Crippen molar-refractivity contribution in [3.8, 4) is 0 Å². The molecule has 0 amide bonds. The fourth-order valence-corrected chi connectivity index (χ4v) is 1.90. The fraction of sp³-hybridized carbons (Fsp3) is 0.500. The molecule has 0 aliphatic carbocycles. The maximum atomic E-state index is 11.4. The Hall–Kier alpha value is -1.39. The maximum Gasteiger partial charge on any atom is 0.322 e. The Morgan fingerprint density at radius 3 is 2.39 bits per heavy atom. The molecular weight excluding hydrogens is 228 g/mol. The molecule has 0 saturated carbocycles. The maximum absolute atomic E-state index is 11.4. The minimum Gasteiger partial charge on any atom is -0.480 e. The van der Waals surface area contributed by atoms with Crippen molar-refractivity contribution in [2.24, 2.45) is 0 Å². The van der Waals surface area contributed by atoms with Crippen LogP contribution in [0.15, 0.2) is 30.3 Å². The predicted molar refractivity (Wildman–Crippen MR) is 72.2 cm³/mol. The Bertz CT molecular complexity index is 365. The number of nitrogens with one attached hydrogen (secondary N) is 1. The van der Waals surface area contributed by atoms with Gasteiger partial charge in [0.2, 0.25) is 0 Å². The van der Waals surface area contributed by atoms with Crippen molar-refractivity contribution in [1.82, 2.24) is 10.4 Å². The summed E-state index contributed by atoms with van der Waals surface area (Å²) in [5.74, 6) is -0.797. The van der Waals surface area contributed by atoms with Crippen molar-refractivity contribution >= 4 is 5.97 Å². The van der Waals surface area contributed by atoms with E-state index in [4.69, 9.17) is 0 Å². The quantitative estimate of drug-likeness (QED) is 0.726. The van der Waals surface area contributed by atoms with Gasteiger partial charge in [0, 0.05) is 12.6 Å². The zero-order chi connectivity index (χ0) is 13.5. The van der Waals surface area contributed by atoms with Crippen LogP contribution in [0.25, 0.3) is 0 Å². The second-order valence-corrected chi connectivity index (χ2v) is 4.61. The number of aliphatic carboxylic acids is 1. The highest BCUT2D eigenvalue weighted by Gasteiger charge is 2.25. The summed E-state index contributed by atoms with van der Waals surface area (Å²) in [5.41, 5.74) is 4.22. The summed E-state index contributed by atoms with van der Waals surface area (Å²) in [6, 6.07) is 9.39. The third kappa shape index (κ3) is 4.47. The Balaban J connectivity index is 2.78. The Kier molecular flexibility index (Phi) is 5.82. The van der Waals surface area contributed by atoms with E-state index in [1.54, 1.807) is 5.01 Å². The van der Waals surface area contributed by atoms with Crippen LogP contribution in [-0.2, 0) is 11.2 Å². The summed E-state index contributed by atoms with van der Waals surface area (Å²) < 4.78 is 0. The van der Waals surface area contributed by atoms with E-state index in [0.717, 1.165) is 5.56 Å². The molecule has 0 aliphatic rings. The van der Waals surface area contributed by atoms with Crippen molar-refractivity contribution in [3.05, 3.63) is 35.9 Å². The molecule has 4 nitrogen and oxygen atoms in total. The van der Waals surface area contributed by atoms with Gasteiger partial charge in [0.1, 0.15) is 6.04 Å². The molecule has 1 unspecified atom stereocenters. The van der Waals surface area contributed by atoms with Gasteiger partial charge < -0.3 is 5.11 Å². The van der Waals surface area contributed by atoms with Gasteiger partial charge in [-0.25, -0.2) is 5.01 Å². The van der Waals surface area contributed by atoms with Crippen molar-refractivity contribution in [3.63, 3.8) is 0 Å². The third-order valence-electron chi connectivity index (χ3n) is 2.70. The number of hydrogen-bond donors (Lipinski definition) is 2. The van der Waals surface area contributed by atoms with Crippen LogP contribution in [0.4, 0.5) is 0 Å². The first kappa shape index (κ1) is 14.7. The van der Waals surface area contributed by atoms with Gasteiger partial charge in [-0.3, -0.25) is 10.2 Å². The number of hydrogen-bond acceptors (Lipinski definition) is 3. The highest BCUT2D eigenvalue weighted by Crippen LogP contribution is 2.08. The molecular formula is C14H22N2O2. The standard InChI is InChI=1S/C14H22N2O2/c1-4-16(15-11(2)3)13(14(17)18)10-12-8-6-5-7-9-12/h5-9,11,13,15H,4,10H2,1-3H3,(H,17,18). The average Bonchev–Trinajstić information content (AvgIpc) is 2.34. The lowest BCUT2D eigenvalue weighted by Crippen LogP contribution is -2.52. The first-order valence-corrected chi connectivity index (χ1v) is 6.34. The second kappa shape index (κ2) is 7.13. The van der Waals surface area contributed by atoms with Gasteiger partial charge in [-0.1, -0.05) is 37.3 Å². The second-order valence-electron chi connectivity index (χ2n) is 4.61. The van der Waals surface area contributed by atoms with Crippen LogP contribution in [0.2, 0.25) is 0 Å². The van der Waals surface area contributed by atoms with Gasteiger partial charge in [-0.2, -0.15) is 0 Å². The zero-order valence-corrected chi connectivity index (χ0v) is 11.3. The Morgan fingerprint density at radius 2 is 1.94 bits per heavy atom. The van der Waals surface area contributed by atoms with E-state index >= 15 is 0 Å². The zero-order valence-electron chi connectivity index (χ0n) is 11.3. The highest BCUT2D eigenvalue weighted by atomic mass is 16.4. The van der Waals surface area contributed by atoms with Gasteiger partial charge in [0.25, 0.3) is 0 Å². The number of hydrazine groups is 1. The predicted octanol–water partition coefficient (Wildman–Crippen LogP) is 1.92. The van der Waals surface area contributed by atoms with E-state index in [1.165, 1.54) is 0 Å². The monoisotopic (exact) mass is 250 g/mol. The van der Waals surface area contributed by atoms with Crippen molar-refractivity contribution in [2.75, 3.05) is 6.54 Å². The molecule has 0 saturated heterocycles. The summed E-state index contributed by atoms with van der Waals surface area (Å²) in [7, 11) is 0. The lowest BCUT2D eigenvalue weighted by molar-refractivity contribution is -0.144. The minimum absolute atomic E-state index is 0.225. The summed E-state index contributed by atoms with van der Waals surface area (Å²) in [6.45, 7) is 6.62. The molecule has 1 atom stereocenters.